The molecule has 35 heavy (non-hydrogen) atoms. The maximum absolute atomic E-state index is 13.2. The van der Waals surface area contributed by atoms with Crippen LogP contribution in [0.1, 0.15) is 39.3 Å². The summed E-state index contributed by atoms with van der Waals surface area (Å²) in [6.07, 6.45) is -3.75. The van der Waals surface area contributed by atoms with Crippen molar-refractivity contribution in [3.8, 4) is 5.69 Å². The second-order valence-electron chi connectivity index (χ2n) is 8.74. The number of hydrogen-bond donors (Lipinski definition) is 0. The van der Waals surface area contributed by atoms with E-state index < -0.39 is 23.4 Å². The molecule has 0 N–H and O–H groups in total. The van der Waals surface area contributed by atoms with Crippen LogP contribution in [0.3, 0.4) is 0 Å². The van der Waals surface area contributed by atoms with E-state index in [0.717, 1.165) is 31.6 Å². The molecule has 0 atom stereocenters. The van der Waals surface area contributed by atoms with Crippen LogP contribution in [0.2, 0.25) is 0 Å². The summed E-state index contributed by atoms with van der Waals surface area (Å²) in [5, 5.41) is 4.28. The minimum absolute atomic E-state index is 0.137. The van der Waals surface area contributed by atoms with E-state index in [4.69, 9.17) is 0 Å². The number of nitrogens with zero attached hydrogens (tertiary/aromatic N) is 4. The fourth-order valence-electron chi connectivity index (χ4n) is 4.46. The predicted molar refractivity (Wildman–Crippen MR) is 125 cm³/mol. The van der Waals surface area contributed by atoms with Gasteiger partial charge in [-0.25, -0.2) is 4.68 Å². The van der Waals surface area contributed by atoms with Crippen LogP contribution < -0.4 is 0 Å². The average Bonchev–Trinajstić information content (AvgIpc) is 2.98. The second-order valence-corrected chi connectivity index (χ2v) is 8.74. The van der Waals surface area contributed by atoms with Crippen molar-refractivity contribution in [2.75, 3.05) is 26.2 Å². The number of ketones is 1. The summed E-state index contributed by atoms with van der Waals surface area (Å²) in [6.45, 7) is 6.31. The molecule has 0 spiro atoms. The molecule has 2 aromatic carbocycles. The fourth-order valence-corrected chi connectivity index (χ4v) is 4.46. The minimum Gasteiger partial charge on any atom is -0.334 e. The highest BCUT2D eigenvalue weighted by Crippen LogP contribution is 2.31. The zero-order valence-corrected chi connectivity index (χ0v) is 19.7. The SMILES string of the molecule is Cc1nn(-c2cccc(C(F)(F)F)c2)c(C)c1C(=O)C(=O)N1CCCN(Cc2ccccc2)CC1. The summed E-state index contributed by atoms with van der Waals surface area (Å²) < 4.78 is 40.7. The van der Waals surface area contributed by atoms with Crippen molar-refractivity contribution in [1.29, 1.82) is 0 Å². The van der Waals surface area contributed by atoms with Gasteiger partial charge in [0.2, 0.25) is 0 Å². The lowest BCUT2D eigenvalue weighted by Gasteiger charge is -2.21. The van der Waals surface area contributed by atoms with Crippen LogP contribution in [-0.2, 0) is 17.5 Å². The van der Waals surface area contributed by atoms with Gasteiger partial charge in [0.15, 0.2) is 0 Å². The maximum atomic E-state index is 13.2. The summed E-state index contributed by atoms with van der Waals surface area (Å²) in [4.78, 5) is 30.1. The van der Waals surface area contributed by atoms with Gasteiger partial charge in [0.25, 0.3) is 11.7 Å². The van der Waals surface area contributed by atoms with E-state index in [1.807, 2.05) is 18.2 Å². The molecule has 0 aliphatic carbocycles. The Morgan fingerprint density at radius 1 is 0.943 bits per heavy atom. The third-order valence-electron chi connectivity index (χ3n) is 6.26. The Bertz CT molecular complexity index is 1220. The molecule has 4 rings (SSSR count). The molecule has 2 heterocycles. The molecular formula is C26H27F3N4O2. The van der Waals surface area contributed by atoms with E-state index in [1.54, 1.807) is 18.7 Å². The molecule has 1 fully saturated rings. The topological polar surface area (TPSA) is 58.4 Å². The zero-order chi connectivity index (χ0) is 25.2. The summed E-state index contributed by atoms with van der Waals surface area (Å²) in [5.74, 6) is -1.30. The minimum atomic E-state index is -4.50. The second kappa shape index (κ2) is 10.0. The molecule has 1 amide bonds. The number of hydrogen-bond acceptors (Lipinski definition) is 4. The van der Waals surface area contributed by atoms with Gasteiger partial charge in [-0.2, -0.15) is 18.3 Å². The lowest BCUT2D eigenvalue weighted by molar-refractivity contribution is -0.137. The van der Waals surface area contributed by atoms with Crippen molar-refractivity contribution >= 4 is 11.7 Å². The van der Waals surface area contributed by atoms with Crippen molar-refractivity contribution in [3.63, 3.8) is 0 Å². The molecule has 9 heteroatoms. The van der Waals surface area contributed by atoms with E-state index in [1.165, 1.54) is 22.4 Å². The normalized spacial score (nSPS) is 15.2. The van der Waals surface area contributed by atoms with Crippen LogP contribution in [0.4, 0.5) is 13.2 Å². The Morgan fingerprint density at radius 3 is 2.40 bits per heavy atom. The number of amides is 1. The molecule has 0 bridgehead atoms. The van der Waals surface area contributed by atoms with Crippen LogP contribution in [-0.4, -0.2) is 57.4 Å². The van der Waals surface area contributed by atoms with E-state index >= 15 is 0 Å². The lowest BCUT2D eigenvalue weighted by Crippen LogP contribution is -2.39. The van der Waals surface area contributed by atoms with Gasteiger partial charge in [-0.15, -0.1) is 0 Å². The standard InChI is InChI=1S/C26H27F3N4O2/c1-18-23(19(2)33(30-18)22-11-6-10-21(16-22)26(27,28)29)24(34)25(35)32-13-7-12-31(14-15-32)17-20-8-4-3-5-9-20/h3-6,8-11,16H,7,12-15,17H2,1-2H3. The van der Waals surface area contributed by atoms with Gasteiger partial charge in [-0.1, -0.05) is 36.4 Å². The van der Waals surface area contributed by atoms with Crippen LogP contribution in [0, 0.1) is 13.8 Å². The Hall–Kier alpha value is -3.46. The highest BCUT2D eigenvalue weighted by molar-refractivity contribution is 6.43. The summed E-state index contributed by atoms with van der Waals surface area (Å²) in [5.41, 5.74) is 1.34. The number of carbonyl (C=O) groups is 2. The molecule has 6 nitrogen and oxygen atoms in total. The van der Waals surface area contributed by atoms with E-state index in [9.17, 15) is 22.8 Å². The van der Waals surface area contributed by atoms with Gasteiger partial charge in [-0.3, -0.25) is 14.5 Å². The quantitative estimate of drug-likeness (QED) is 0.397. The van der Waals surface area contributed by atoms with E-state index in [2.05, 4.69) is 22.1 Å². The molecule has 1 aliphatic heterocycles. The highest BCUT2D eigenvalue weighted by atomic mass is 19.4. The summed E-state index contributed by atoms with van der Waals surface area (Å²) in [7, 11) is 0. The third kappa shape index (κ3) is 5.45. The van der Waals surface area contributed by atoms with Crippen molar-refractivity contribution in [2.45, 2.75) is 33.0 Å². The molecule has 0 radical (unpaired) electrons. The van der Waals surface area contributed by atoms with Crippen LogP contribution in [0.15, 0.2) is 54.6 Å². The van der Waals surface area contributed by atoms with Crippen LogP contribution >= 0.6 is 0 Å². The van der Waals surface area contributed by atoms with Crippen molar-refractivity contribution in [3.05, 3.63) is 82.7 Å². The van der Waals surface area contributed by atoms with Crippen molar-refractivity contribution < 1.29 is 22.8 Å². The first-order chi connectivity index (χ1) is 16.6. The predicted octanol–water partition coefficient (Wildman–Crippen LogP) is 4.43. The molecule has 1 saturated heterocycles. The highest BCUT2D eigenvalue weighted by Gasteiger charge is 2.32. The number of aryl methyl sites for hydroxylation is 1. The molecule has 1 aromatic heterocycles. The van der Waals surface area contributed by atoms with Gasteiger partial charge < -0.3 is 4.90 Å². The van der Waals surface area contributed by atoms with Crippen molar-refractivity contribution in [2.24, 2.45) is 0 Å². The average molecular weight is 485 g/mol. The van der Waals surface area contributed by atoms with E-state index in [-0.39, 0.29) is 11.3 Å². The Kier molecular flexibility index (Phi) is 7.07. The molecule has 0 unspecified atom stereocenters. The first-order valence-electron chi connectivity index (χ1n) is 11.5. The van der Waals surface area contributed by atoms with Crippen molar-refractivity contribution in [1.82, 2.24) is 19.6 Å². The van der Waals surface area contributed by atoms with Gasteiger partial charge in [0, 0.05) is 32.7 Å². The Labute approximate surface area is 202 Å². The Balaban J connectivity index is 1.50. The Morgan fingerprint density at radius 2 is 1.69 bits per heavy atom. The number of halogens is 3. The molecule has 184 valence electrons. The number of carbonyl (C=O) groups excluding carboxylic acids is 2. The number of Topliss-reactive ketones (excluding diaryl/α,β-unsaturated/α-hetero) is 1. The lowest BCUT2D eigenvalue weighted by atomic mass is 10.1. The summed E-state index contributed by atoms with van der Waals surface area (Å²) >= 11 is 0. The van der Waals surface area contributed by atoms with Gasteiger partial charge in [0.05, 0.1) is 28.2 Å². The molecule has 1 aliphatic rings. The van der Waals surface area contributed by atoms with Gasteiger partial charge in [0.1, 0.15) is 0 Å². The first-order valence-corrected chi connectivity index (χ1v) is 11.5. The smallest absolute Gasteiger partial charge is 0.334 e. The molecule has 0 saturated carbocycles. The van der Waals surface area contributed by atoms with Crippen LogP contribution in [0.5, 0.6) is 0 Å². The number of aromatic nitrogens is 2. The third-order valence-corrected chi connectivity index (χ3v) is 6.26. The largest absolute Gasteiger partial charge is 0.416 e. The number of rotatable bonds is 5. The molecule has 3 aromatic rings. The van der Waals surface area contributed by atoms with Crippen LogP contribution in [0.25, 0.3) is 5.69 Å². The fraction of sp³-hybridized carbons (Fsp3) is 0.346. The summed E-state index contributed by atoms with van der Waals surface area (Å²) in [6, 6.07) is 14.8. The van der Waals surface area contributed by atoms with Gasteiger partial charge in [-0.05, 0) is 44.0 Å². The number of benzene rings is 2. The number of alkyl halides is 3. The van der Waals surface area contributed by atoms with Gasteiger partial charge >= 0.3 is 6.18 Å². The van der Waals surface area contributed by atoms with E-state index in [0.29, 0.717) is 31.0 Å². The monoisotopic (exact) mass is 484 g/mol. The zero-order valence-electron chi connectivity index (χ0n) is 19.7. The maximum Gasteiger partial charge on any atom is 0.416 e. The molecular weight excluding hydrogens is 457 g/mol. The first kappa shape index (κ1) is 24.7.